The number of aromatic nitrogens is 1. The zero-order chi connectivity index (χ0) is 20.4. The van der Waals surface area contributed by atoms with Gasteiger partial charge < -0.3 is 14.2 Å². The molecule has 1 saturated heterocycles. The van der Waals surface area contributed by atoms with Crippen LogP contribution in [-0.2, 0) is 4.79 Å². The third-order valence-corrected chi connectivity index (χ3v) is 5.30. The van der Waals surface area contributed by atoms with Gasteiger partial charge in [0.05, 0.1) is 17.5 Å². The summed E-state index contributed by atoms with van der Waals surface area (Å²) in [6.45, 7) is 3.65. The zero-order valence-electron chi connectivity index (χ0n) is 16.0. The molecule has 0 N–H and O–H groups in total. The highest BCUT2D eigenvalue weighted by atomic mass is 35.5. The topological polar surface area (TPSA) is 66.7 Å². The van der Waals surface area contributed by atoms with Crippen molar-refractivity contribution in [3.05, 3.63) is 65.5 Å². The number of carbonyl (C=O) groups is 2. The van der Waals surface area contributed by atoms with E-state index in [-0.39, 0.29) is 11.8 Å². The van der Waals surface area contributed by atoms with Crippen molar-refractivity contribution in [2.45, 2.75) is 6.92 Å². The molecule has 1 fully saturated rings. The molecule has 0 saturated carbocycles. The van der Waals surface area contributed by atoms with Crippen LogP contribution in [0.15, 0.2) is 59.3 Å². The van der Waals surface area contributed by atoms with Crippen LogP contribution in [0.3, 0.4) is 0 Å². The third-order valence-electron chi connectivity index (χ3n) is 5.05. The molecule has 1 aliphatic heterocycles. The molecule has 29 heavy (non-hydrogen) atoms. The number of piperazine rings is 1. The quantitative estimate of drug-likeness (QED) is 0.656. The van der Waals surface area contributed by atoms with Gasteiger partial charge in [-0.2, -0.15) is 0 Å². The molecule has 6 nitrogen and oxygen atoms in total. The summed E-state index contributed by atoms with van der Waals surface area (Å²) >= 11 is 6.01. The second kappa shape index (κ2) is 8.09. The molecule has 0 radical (unpaired) electrons. The average Bonchev–Trinajstić information content (AvgIpc) is 3.28. The standard InChI is InChI=1S/C22H20ClN3O3/c1-15(27)25-8-10-26(11-9-25)22(28)17-13-19(20-3-2-12-29-20)21(24-14-17)16-4-6-18(23)7-5-16/h2-7,12-14H,8-11H2,1H3. The van der Waals surface area contributed by atoms with Crippen LogP contribution in [0.2, 0.25) is 5.02 Å². The highest BCUT2D eigenvalue weighted by molar-refractivity contribution is 6.30. The summed E-state index contributed by atoms with van der Waals surface area (Å²) in [4.78, 5) is 32.6. The number of nitrogens with zero attached hydrogens (tertiary/aromatic N) is 3. The summed E-state index contributed by atoms with van der Waals surface area (Å²) in [7, 11) is 0. The number of halogens is 1. The normalized spacial score (nSPS) is 14.1. The van der Waals surface area contributed by atoms with E-state index >= 15 is 0 Å². The van der Waals surface area contributed by atoms with Crippen LogP contribution >= 0.6 is 11.6 Å². The lowest BCUT2D eigenvalue weighted by molar-refractivity contribution is -0.130. The van der Waals surface area contributed by atoms with Gasteiger partial charge in [-0.15, -0.1) is 0 Å². The van der Waals surface area contributed by atoms with Gasteiger partial charge in [0, 0.05) is 55.4 Å². The second-order valence-electron chi connectivity index (χ2n) is 6.90. The van der Waals surface area contributed by atoms with Gasteiger partial charge in [-0.3, -0.25) is 14.6 Å². The Labute approximate surface area is 173 Å². The van der Waals surface area contributed by atoms with Crippen molar-refractivity contribution >= 4 is 23.4 Å². The minimum Gasteiger partial charge on any atom is -0.464 e. The first-order valence-corrected chi connectivity index (χ1v) is 9.75. The summed E-state index contributed by atoms with van der Waals surface area (Å²) in [5.74, 6) is 0.570. The highest BCUT2D eigenvalue weighted by Gasteiger charge is 2.24. The van der Waals surface area contributed by atoms with Crippen molar-refractivity contribution in [2.75, 3.05) is 26.2 Å². The molecule has 7 heteroatoms. The highest BCUT2D eigenvalue weighted by Crippen LogP contribution is 2.32. The Morgan fingerprint density at radius 3 is 2.34 bits per heavy atom. The lowest BCUT2D eigenvalue weighted by Crippen LogP contribution is -2.50. The molecule has 0 unspecified atom stereocenters. The van der Waals surface area contributed by atoms with Crippen molar-refractivity contribution in [3.63, 3.8) is 0 Å². The summed E-state index contributed by atoms with van der Waals surface area (Å²) in [6.07, 6.45) is 3.19. The molecule has 1 aromatic carbocycles. The minimum atomic E-state index is -0.101. The second-order valence-corrected chi connectivity index (χ2v) is 7.34. The van der Waals surface area contributed by atoms with E-state index in [1.54, 1.807) is 47.4 Å². The lowest BCUT2D eigenvalue weighted by atomic mass is 10.0. The van der Waals surface area contributed by atoms with Gasteiger partial charge in [0.25, 0.3) is 5.91 Å². The number of pyridine rings is 1. The van der Waals surface area contributed by atoms with Gasteiger partial charge in [-0.1, -0.05) is 23.7 Å². The fraction of sp³-hybridized carbons (Fsp3) is 0.227. The number of amides is 2. The molecule has 0 spiro atoms. The maximum Gasteiger partial charge on any atom is 0.255 e. The molecule has 3 aromatic rings. The van der Waals surface area contributed by atoms with Crippen LogP contribution in [0.4, 0.5) is 0 Å². The van der Waals surface area contributed by atoms with E-state index in [9.17, 15) is 9.59 Å². The van der Waals surface area contributed by atoms with Crippen LogP contribution in [0.25, 0.3) is 22.6 Å². The summed E-state index contributed by atoms with van der Waals surface area (Å²) in [5.41, 5.74) is 2.83. The molecule has 2 amide bonds. The van der Waals surface area contributed by atoms with Gasteiger partial charge in [-0.05, 0) is 30.3 Å². The number of carbonyl (C=O) groups excluding carboxylic acids is 2. The Balaban J connectivity index is 1.66. The van der Waals surface area contributed by atoms with E-state index in [1.165, 1.54) is 0 Å². The fourth-order valence-corrected chi connectivity index (χ4v) is 3.57. The molecule has 0 bridgehead atoms. The number of hydrogen-bond donors (Lipinski definition) is 0. The van der Waals surface area contributed by atoms with Crippen molar-refractivity contribution < 1.29 is 14.0 Å². The van der Waals surface area contributed by atoms with Crippen molar-refractivity contribution in [3.8, 4) is 22.6 Å². The van der Waals surface area contributed by atoms with Gasteiger partial charge in [0.2, 0.25) is 5.91 Å². The van der Waals surface area contributed by atoms with E-state index < -0.39 is 0 Å². The number of furan rings is 1. The van der Waals surface area contributed by atoms with Gasteiger partial charge in [0.15, 0.2) is 0 Å². The van der Waals surface area contributed by atoms with Crippen molar-refractivity contribution in [1.82, 2.24) is 14.8 Å². The van der Waals surface area contributed by atoms with Crippen molar-refractivity contribution in [1.29, 1.82) is 0 Å². The Kier molecular flexibility index (Phi) is 5.36. The van der Waals surface area contributed by atoms with Crippen molar-refractivity contribution in [2.24, 2.45) is 0 Å². The maximum absolute atomic E-state index is 13.0. The minimum absolute atomic E-state index is 0.0335. The van der Waals surface area contributed by atoms with Crippen LogP contribution in [0, 0.1) is 0 Å². The van der Waals surface area contributed by atoms with E-state index in [1.807, 2.05) is 24.3 Å². The average molecular weight is 410 g/mol. The molecule has 4 rings (SSSR count). The number of hydrogen-bond acceptors (Lipinski definition) is 4. The van der Waals surface area contributed by atoms with Crippen LogP contribution in [0.5, 0.6) is 0 Å². The largest absolute Gasteiger partial charge is 0.464 e. The molecule has 0 atom stereocenters. The molecule has 2 aromatic heterocycles. The monoisotopic (exact) mass is 409 g/mol. The van der Waals surface area contributed by atoms with Gasteiger partial charge in [-0.25, -0.2) is 0 Å². The predicted octanol–water partition coefficient (Wildman–Crippen LogP) is 3.97. The van der Waals surface area contributed by atoms with Crippen LogP contribution < -0.4 is 0 Å². The molecule has 0 aliphatic carbocycles. The Bertz CT molecular complexity index is 1020. The predicted molar refractivity (Wildman–Crippen MR) is 111 cm³/mol. The lowest BCUT2D eigenvalue weighted by Gasteiger charge is -2.34. The first-order chi connectivity index (χ1) is 14.0. The van der Waals surface area contributed by atoms with E-state index in [0.717, 1.165) is 16.8 Å². The SMILES string of the molecule is CC(=O)N1CCN(C(=O)c2cnc(-c3ccc(Cl)cc3)c(-c3ccco3)c2)CC1. The summed E-state index contributed by atoms with van der Waals surface area (Å²) in [5, 5.41) is 0.643. The molecule has 148 valence electrons. The number of rotatable bonds is 3. The third kappa shape index (κ3) is 4.03. The fourth-order valence-electron chi connectivity index (χ4n) is 3.45. The zero-order valence-corrected chi connectivity index (χ0v) is 16.7. The summed E-state index contributed by atoms with van der Waals surface area (Å²) < 4.78 is 5.59. The molecular weight excluding hydrogens is 390 g/mol. The Hall–Kier alpha value is -3.12. The number of benzene rings is 1. The Morgan fingerprint density at radius 1 is 1.03 bits per heavy atom. The summed E-state index contributed by atoms with van der Waals surface area (Å²) in [6, 6.07) is 12.8. The molecule has 1 aliphatic rings. The van der Waals surface area contributed by atoms with Gasteiger partial charge in [0.1, 0.15) is 5.76 Å². The smallest absolute Gasteiger partial charge is 0.255 e. The molecule has 3 heterocycles. The maximum atomic E-state index is 13.0. The van der Waals surface area contributed by atoms with E-state index in [4.69, 9.17) is 16.0 Å². The van der Waals surface area contributed by atoms with Crippen LogP contribution in [0.1, 0.15) is 17.3 Å². The first kappa shape index (κ1) is 19.2. The van der Waals surface area contributed by atoms with E-state index in [2.05, 4.69) is 4.98 Å². The van der Waals surface area contributed by atoms with Gasteiger partial charge >= 0.3 is 0 Å². The van der Waals surface area contributed by atoms with Crippen LogP contribution in [-0.4, -0.2) is 52.8 Å². The van der Waals surface area contributed by atoms with E-state index in [0.29, 0.717) is 42.5 Å². The first-order valence-electron chi connectivity index (χ1n) is 9.37. The Morgan fingerprint density at radius 2 is 1.72 bits per heavy atom. The molecular formula is C22H20ClN3O3.